The van der Waals surface area contributed by atoms with Gasteiger partial charge < -0.3 is 22.6 Å². The molecule has 0 radical (unpaired) electrons. The molecule has 1 aliphatic rings. The highest BCUT2D eigenvalue weighted by molar-refractivity contribution is 6.11. The Labute approximate surface area is 218 Å². The lowest BCUT2D eigenvalue weighted by Crippen LogP contribution is -2.15. The van der Waals surface area contributed by atoms with Crippen LogP contribution in [0, 0.1) is 17.2 Å². The van der Waals surface area contributed by atoms with E-state index in [9.17, 15) is 0 Å². The van der Waals surface area contributed by atoms with Gasteiger partial charge in [0.05, 0.1) is 17.3 Å². The van der Waals surface area contributed by atoms with Crippen molar-refractivity contribution in [2.45, 2.75) is 92.0 Å². The molecule has 36 heavy (non-hydrogen) atoms. The normalized spacial score (nSPS) is 15.5. The molecule has 3 rings (SSSR count). The topological polar surface area (TPSA) is 127 Å². The Balaban J connectivity index is 0.00000145. The van der Waals surface area contributed by atoms with Crippen molar-refractivity contribution in [3.8, 4) is 0 Å². The molecule has 0 aliphatic heterocycles. The number of aryl methyl sites for hydroxylation is 1. The Kier molecular flexibility index (Phi) is 12.1. The average molecular weight is 493 g/mol. The summed E-state index contributed by atoms with van der Waals surface area (Å²) in [4.78, 5) is 10.1. The molecular weight excluding hydrogens is 444 g/mol. The number of aromatic nitrogens is 1. The van der Waals surface area contributed by atoms with E-state index in [2.05, 4.69) is 27.7 Å². The van der Waals surface area contributed by atoms with Crippen LogP contribution < -0.4 is 17.2 Å². The predicted molar refractivity (Wildman–Crippen MR) is 158 cm³/mol. The fraction of sp³-hybridized carbons (Fsp3) is 0.567. The summed E-state index contributed by atoms with van der Waals surface area (Å²) in [6.45, 7) is 11.8. The zero-order chi connectivity index (χ0) is 26.7. The van der Waals surface area contributed by atoms with Crippen molar-refractivity contribution in [3.05, 3.63) is 40.7 Å². The summed E-state index contributed by atoms with van der Waals surface area (Å²) >= 11 is 0. The molecule has 0 saturated heterocycles. The number of anilines is 1. The molecule has 2 atom stereocenters. The summed E-state index contributed by atoms with van der Waals surface area (Å²) in [7, 11) is 0. The molecular formula is C30H48N6. The van der Waals surface area contributed by atoms with Gasteiger partial charge in [-0.15, -0.1) is 0 Å². The third-order valence-electron chi connectivity index (χ3n) is 6.77. The van der Waals surface area contributed by atoms with E-state index in [-0.39, 0.29) is 0 Å². The van der Waals surface area contributed by atoms with Gasteiger partial charge in [0.1, 0.15) is 0 Å². The summed E-state index contributed by atoms with van der Waals surface area (Å²) in [6.07, 6.45) is 13.8. The summed E-state index contributed by atoms with van der Waals surface area (Å²) in [5, 5.41) is 8.96. The van der Waals surface area contributed by atoms with Crippen LogP contribution >= 0.6 is 0 Å². The van der Waals surface area contributed by atoms with Crippen molar-refractivity contribution >= 4 is 34.6 Å². The van der Waals surface area contributed by atoms with Crippen molar-refractivity contribution in [2.75, 3.05) is 12.3 Å². The van der Waals surface area contributed by atoms with Gasteiger partial charge in [-0.3, -0.25) is 4.99 Å². The lowest BCUT2D eigenvalue weighted by atomic mass is 9.85. The number of nitrogen functional groups attached to an aromatic ring is 1. The number of hydrogen-bond acceptors (Lipinski definition) is 6. The number of rotatable bonds is 10. The van der Waals surface area contributed by atoms with E-state index in [1.165, 1.54) is 30.2 Å². The molecule has 0 bridgehead atoms. The smallest absolute Gasteiger partial charge is 0.0774 e. The van der Waals surface area contributed by atoms with Crippen LogP contribution in [0.15, 0.2) is 23.3 Å². The zero-order valence-corrected chi connectivity index (χ0v) is 23.1. The lowest BCUT2D eigenvalue weighted by molar-refractivity contribution is 0.391. The molecule has 0 amide bonds. The van der Waals surface area contributed by atoms with Gasteiger partial charge in [0, 0.05) is 40.8 Å². The van der Waals surface area contributed by atoms with Crippen LogP contribution in [-0.4, -0.2) is 30.0 Å². The van der Waals surface area contributed by atoms with E-state index in [1.54, 1.807) is 6.20 Å². The molecule has 7 N–H and O–H groups in total. The SMILES string of the molecule is CCC[C@H](C)CC(CC(C)C)N=C/C(=C\N)c1nc2ccc(N)c(C=N)c2c2c1CCCC2.CCN. The van der Waals surface area contributed by atoms with Gasteiger partial charge in [-0.05, 0) is 80.2 Å². The van der Waals surface area contributed by atoms with Crippen molar-refractivity contribution < 1.29 is 0 Å². The van der Waals surface area contributed by atoms with Crippen molar-refractivity contribution in [1.82, 2.24) is 4.98 Å². The molecule has 2 aromatic rings. The highest BCUT2D eigenvalue weighted by atomic mass is 14.8. The second-order valence-corrected chi connectivity index (χ2v) is 10.5. The maximum absolute atomic E-state index is 7.93. The van der Waals surface area contributed by atoms with Gasteiger partial charge in [0.2, 0.25) is 0 Å². The Morgan fingerprint density at radius 3 is 2.36 bits per heavy atom. The van der Waals surface area contributed by atoms with Crippen molar-refractivity contribution in [3.63, 3.8) is 0 Å². The Bertz CT molecular complexity index is 1050. The second kappa shape index (κ2) is 14.7. The first-order valence-electron chi connectivity index (χ1n) is 13.7. The van der Waals surface area contributed by atoms with E-state index >= 15 is 0 Å². The third kappa shape index (κ3) is 7.63. The summed E-state index contributed by atoms with van der Waals surface area (Å²) in [5.41, 5.74) is 23.8. The van der Waals surface area contributed by atoms with Gasteiger partial charge in [0.25, 0.3) is 0 Å². The van der Waals surface area contributed by atoms with Crippen molar-refractivity contribution in [2.24, 2.45) is 28.3 Å². The molecule has 1 unspecified atom stereocenters. The van der Waals surface area contributed by atoms with E-state index in [4.69, 9.17) is 32.6 Å². The molecule has 1 aromatic heterocycles. The molecule has 6 heteroatoms. The maximum Gasteiger partial charge on any atom is 0.0774 e. The highest BCUT2D eigenvalue weighted by Crippen LogP contribution is 2.35. The number of aliphatic imine (C=N–C) groups is 1. The van der Waals surface area contributed by atoms with Crippen LogP contribution in [0.2, 0.25) is 0 Å². The van der Waals surface area contributed by atoms with Crippen LogP contribution in [0.5, 0.6) is 0 Å². The fourth-order valence-electron chi connectivity index (χ4n) is 5.27. The van der Waals surface area contributed by atoms with Gasteiger partial charge in [-0.25, -0.2) is 4.98 Å². The number of nitrogens with two attached hydrogens (primary N) is 3. The van der Waals surface area contributed by atoms with Gasteiger partial charge >= 0.3 is 0 Å². The molecule has 0 saturated carbocycles. The number of fused-ring (bicyclic) bond motifs is 3. The number of nitrogens with one attached hydrogen (secondary N) is 1. The minimum absolute atomic E-state index is 0.294. The quantitative estimate of drug-likeness (QED) is 0.230. The third-order valence-corrected chi connectivity index (χ3v) is 6.77. The van der Waals surface area contributed by atoms with Crippen molar-refractivity contribution in [1.29, 1.82) is 5.41 Å². The minimum Gasteiger partial charge on any atom is -0.404 e. The number of hydrogen-bond donors (Lipinski definition) is 4. The Morgan fingerprint density at radius 2 is 1.78 bits per heavy atom. The summed E-state index contributed by atoms with van der Waals surface area (Å²) in [6, 6.07) is 4.11. The predicted octanol–water partition coefficient (Wildman–Crippen LogP) is 6.27. The highest BCUT2D eigenvalue weighted by Gasteiger charge is 2.22. The van der Waals surface area contributed by atoms with Crippen LogP contribution in [0.25, 0.3) is 16.5 Å². The first-order valence-corrected chi connectivity index (χ1v) is 13.7. The number of benzene rings is 1. The standard InChI is InChI=1S/C28H41N5.C2H7N/c1-5-8-19(4)14-21(13-18(2)3)32-17-20(15-29)28-23-10-7-6-9-22(23)27-24(16-30)25(31)11-12-26(27)33-28;1-2-3/h11-12,15-19,21,30H,5-10,13-14,29,31H2,1-4H3;2-3H2,1H3/b20-15+,30-16?,32-17?;/t19-,21?;/m0./s1. The summed E-state index contributed by atoms with van der Waals surface area (Å²) < 4.78 is 0. The zero-order valence-electron chi connectivity index (χ0n) is 23.1. The molecule has 1 aromatic carbocycles. The number of allylic oxidation sites excluding steroid dienone is 1. The molecule has 0 fully saturated rings. The van der Waals surface area contributed by atoms with Crippen LogP contribution in [0.4, 0.5) is 5.69 Å². The van der Waals surface area contributed by atoms with Gasteiger partial charge in [-0.2, -0.15) is 0 Å². The molecule has 0 spiro atoms. The Morgan fingerprint density at radius 1 is 1.11 bits per heavy atom. The van der Waals surface area contributed by atoms with E-state index in [1.807, 2.05) is 25.3 Å². The van der Waals surface area contributed by atoms with Crippen LogP contribution in [-0.2, 0) is 12.8 Å². The lowest BCUT2D eigenvalue weighted by Gasteiger charge is -2.23. The monoisotopic (exact) mass is 492 g/mol. The fourth-order valence-corrected chi connectivity index (χ4v) is 5.27. The molecule has 1 heterocycles. The average Bonchev–Trinajstić information content (AvgIpc) is 2.84. The van der Waals surface area contributed by atoms with Gasteiger partial charge in [0.15, 0.2) is 0 Å². The van der Waals surface area contributed by atoms with Crippen LogP contribution in [0.1, 0.15) is 95.5 Å². The molecule has 198 valence electrons. The number of nitrogens with zero attached hydrogens (tertiary/aromatic N) is 2. The Hall–Kier alpha value is -2.73. The minimum atomic E-state index is 0.294. The van der Waals surface area contributed by atoms with E-state index in [0.717, 1.165) is 72.8 Å². The molecule has 1 aliphatic carbocycles. The number of pyridine rings is 1. The maximum atomic E-state index is 7.93. The summed E-state index contributed by atoms with van der Waals surface area (Å²) in [5.74, 6) is 1.26. The van der Waals surface area contributed by atoms with E-state index in [0.29, 0.717) is 23.6 Å². The second-order valence-electron chi connectivity index (χ2n) is 10.5. The first-order chi connectivity index (χ1) is 17.3. The van der Waals surface area contributed by atoms with Crippen LogP contribution in [0.3, 0.4) is 0 Å². The van der Waals surface area contributed by atoms with E-state index < -0.39 is 0 Å². The largest absolute Gasteiger partial charge is 0.404 e. The molecule has 6 nitrogen and oxygen atoms in total. The first kappa shape index (κ1) is 29.5. The van der Waals surface area contributed by atoms with Gasteiger partial charge in [-0.1, -0.05) is 47.5 Å².